The van der Waals surface area contributed by atoms with E-state index < -0.39 is 5.60 Å². The Morgan fingerprint density at radius 1 is 1.35 bits per heavy atom. The Balaban J connectivity index is 0.00000264. The van der Waals surface area contributed by atoms with Crippen LogP contribution in [-0.2, 0) is 11.3 Å². The molecule has 0 aromatic heterocycles. The Kier molecular flexibility index (Phi) is 7.31. The fourth-order valence-electron chi connectivity index (χ4n) is 1.95. The van der Waals surface area contributed by atoms with Gasteiger partial charge in [-0.05, 0) is 51.3 Å². The minimum absolute atomic E-state index is 0. The summed E-state index contributed by atoms with van der Waals surface area (Å²) < 4.78 is 5.39. The molecule has 0 radical (unpaired) electrons. The summed E-state index contributed by atoms with van der Waals surface area (Å²) >= 11 is 0. The van der Waals surface area contributed by atoms with Gasteiger partial charge in [0.2, 0.25) is 0 Å². The van der Waals surface area contributed by atoms with Gasteiger partial charge >= 0.3 is 5.97 Å². The maximum Gasteiger partial charge on any atom is 0.338 e. The molecule has 1 aromatic rings. The molecule has 2 rings (SSSR count). The predicted molar refractivity (Wildman–Crippen MR) is 103 cm³/mol. The van der Waals surface area contributed by atoms with Crippen molar-refractivity contribution in [2.75, 3.05) is 7.05 Å². The van der Waals surface area contributed by atoms with Crippen LogP contribution in [0.4, 0.5) is 0 Å². The molecule has 1 aliphatic carbocycles. The highest BCUT2D eigenvalue weighted by atomic mass is 127. The van der Waals surface area contributed by atoms with Gasteiger partial charge in [0.1, 0.15) is 5.60 Å². The van der Waals surface area contributed by atoms with Gasteiger partial charge in [0.15, 0.2) is 5.96 Å². The highest BCUT2D eigenvalue weighted by molar-refractivity contribution is 14.0. The van der Waals surface area contributed by atoms with Crippen LogP contribution in [0.2, 0.25) is 0 Å². The van der Waals surface area contributed by atoms with Crippen LogP contribution >= 0.6 is 24.0 Å². The quantitative estimate of drug-likeness (QED) is 0.333. The number of rotatable bonds is 4. The first-order valence-corrected chi connectivity index (χ1v) is 7.67. The summed E-state index contributed by atoms with van der Waals surface area (Å²) in [7, 11) is 1.76. The molecule has 0 saturated heterocycles. The number of aliphatic imine (C=N–C) groups is 1. The van der Waals surface area contributed by atoms with Crippen LogP contribution in [0.25, 0.3) is 0 Å². The average molecular weight is 431 g/mol. The fourth-order valence-corrected chi connectivity index (χ4v) is 1.95. The van der Waals surface area contributed by atoms with E-state index in [1.54, 1.807) is 13.1 Å². The van der Waals surface area contributed by atoms with Crippen LogP contribution in [0.3, 0.4) is 0 Å². The van der Waals surface area contributed by atoms with Crippen LogP contribution in [0.1, 0.15) is 49.5 Å². The first-order chi connectivity index (χ1) is 10.4. The number of guanidine groups is 1. The molecule has 1 fully saturated rings. The summed E-state index contributed by atoms with van der Waals surface area (Å²) in [6, 6.07) is 8.03. The molecule has 128 valence electrons. The monoisotopic (exact) mass is 431 g/mol. The van der Waals surface area contributed by atoms with Crippen molar-refractivity contribution in [1.82, 2.24) is 10.6 Å². The zero-order chi connectivity index (χ0) is 16.2. The second-order valence-corrected chi connectivity index (χ2v) is 6.55. The number of carbonyl (C=O) groups is 1. The Hall–Kier alpha value is -1.31. The van der Waals surface area contributed by atoms with E-state index >= 15 is 0 Å². The highest BCUT2D eigenvalue weighted by Gasteiger charge is 2.22. The van der Waals surface area contributed by atoms with Crippen molar-refractivity contribution in [1.29, 1.82) is 0 Å². The second kappa shape index (κ2) is 8.52. The lowest BCUT2D eigenvalue weighted by atomic mass is 10.1. The van der Waals surface area contributed by atoms with Gasteiger partial charge in [-0.3, -0.25) is 4.99 Å². The van der Waals surface area contributed by atoms with Gasteiger partial charge < -0.3 is 15.4 Å². The lowest BCUT2D eigenvalue weighted by Crippen LogP contribution is -2.38. The number of nitrogens with zero attached hydrogens (tertiary/aromatic N) is 1. The van der Waals surface area contributed by atoms with Crippen molar-refractivity contribution in [3.8, 4) is 0 Å². The zero-order valence-electron chi connectivity index (χ0n) is 14.2. The molecule has 0 aliphatic heterocycles. The molecule has 0 heterocycles. The number of ether oxygens (including phenoxy) is 1. The second-order valence-electron chi connectivity index (χ2n) is 6.55. The van der Waals surface area contributed by atoms with E-state index in [0.717, 1.165) is 11.5 Å². The fraction of sp³-hybridized carbons (Fsp3) is 0.529. The largest absolute Gasteiger partial charge is 0.456 e. The van der Waals surface area contributed by atoms with E-state index in [2.05, 4.69) is 15.6 Å². The molecule has 0 bridgehead atoms. The summed E-state index contributed by atoms with van der Waals surface area (Å²) in [5.74, 6) is 0.500. The molecule has 1 aromatic carbocycles. The van der Waals surface area contributed by atoms with Gasteiger partial charge in [0.25, 0.3) is 0 Å². The smallest absolute Gasteiger partial charge is 0.338 e. The molecule has 1 aliphatic rings. The van der Waals surface area contributed by atoms with Gasteiger partial charge in [-0.25, -0.2) is 4.79 Å². The average Bonchev–Trinajstić information content (AvgIpc) is 3.26. The summed E-state index contributed by atoms with van der Waals surface area (Å²) in [6.45, 7) is 6.21. The molecule has 1 saturated carbocycles. The Morgan fingerprint density at radius 3 is 2.61 bits per heavy atom. The Labute approximate surface area is 155 Å². The summed E-state index contributed by atoms with van der Waals surface area (Å²) in [6.07, 6.45) is 2.41. The minimum atomic E-state index is -0.485. The number of nitrogens with one attached hydrogen (secondary N) is 2. The maximum absolute atomic E-state index is 12.1. The van der Waals surface area contributed by atoms with Crippen molar-refractivity contribution in [3.05, 3.63) is 35.4 Å². The molecular weight excluding hydrogens is 405 g/mol. The zero-order valence-corrected chi connectivity index (χ0v) is 16.5. The topological polar surface area (TPSA) is 62.7 Å². The van der Waals surface area contributed by atoms with Crippen molar-refractivity contribution in [2.24, 2.45) is 4.99 Å². The van der Waals surface area contributed by atoms with Crippen LogP contribution < -0.4 is 10.6 Å². The third-order valence-corrected chi connectivity index (χ3v) is 3.16. The minimum Gasteiger partial charge on any atom is -0.456 e. The SMILES string of the molecule is CN=C(NCc1cccc(C(=O)OC(C)(C)C)c1)NC1CC1.I. The molecule has 2 N–H and O–H groups in total. The summed E-state index contributed by atoms with van der Waals surface area (Å²) in [5, 5.41) is 6.58. The van der Waals surface area contributed by atoms with Gasteiger partial charge in [-0.1, -0.05) is 12.1 Å². The van der Waals surface area contributed by atoms with E-state index in [4.69, 9.17) is 4.74 Å². The Morgan fingerprint density at radius 2 is 2.04 bits per heavy atom. The standard InChI is InChI=1S/C17H25N3O2.HI/c1-17(2,3)22-15(21)13-7-5-6-12(10-13)11-19-16(18-4)20-14-8-9-14;/h5-7,10,14H,8-9,11H2,1-4H3,(H2,18,19,20);1H. The first-order valence-electron chi connectivity index (χ1n) is 7.67. The molecule has 5 nitrogen and oxygen atoms in total. The van der Waals surface area contributed by atoms with Gasteiger partial charge in [-0.15, -0.1) is 24.0 Å². The summed E-state index contributed by atoms with van der Waals surface area (Å²) in [4.78, 5) is 16.3. The van der Waals surface area contributed by atoms with Gasteiger partial charge in [-0.2, -0.15) is 0 Å². The third-order valence-electron chi connectivity index (χ3n) is 3.16. The van der Waals surface area contributed by atoms with Crippen LogP contribution in [0.15, 0.2) is 29.3 Å². The van der Waals surface area contributed by atoms with E-state index in [-0.39, 0.29) is 29.9 Å². The van der Waals surface area contributed by atoms with Crippen LogP contribution in [0.5, 0.6) is 0 Å². The highest BCUT2D eigenvalue weighted by Crippen LogP contribution is 2.18. The maximum atomic E-state index is 12.1. The number of hydrogen-bond donors (Lipinski definition) is 2. The van der Waals surface area contributed by atoms with E-state index in [9.17, 15) is 4.79 Å². The predicted octanol–water partition coefficient (Wildman–Crippen LogP) is 3.09. The molecule has 0 atom stereocenters. The van der Waals surface area contributed by atoms with E-state index in [1.807, 2.05) is 39.0 Å². The molecule has 0 spiro atoms. The number of hydrogen-bond acceptors (Lipinski definition) is 3. The number of esters is 1. The van der Waals surface area contributed by atoms with Crippen molar-refractivity contribution < 1.29 is 9.53 Å². The first kappa shape index (κ1) is 19.7. The number of carbonyl (C=O) groups excluding carboxylic acids is 1. The van der Waals surface area contributed by atoms with Crippen molar-refractivity contribution in [3.63, 3.8) is 0 Å². The van der Waals surface area contributed by atoms with Gasteiger partial charge in [0.05, 0.1) is 5.56 Å². The normalized spacial score (nSPS) is 14.7. The lowest BCUT2D eigenvalue weighted by Gasteiger charge is -2.19. The summed E-state index contributed by atoms with van der Waals surface area (Å²) in [5.41, 5.74) is 1.10. The molecule has 0 unspecified atom stereocenters. The van der Waals surface area contributed by atoms with Crippen molar-refractivity contribution >= 4 is 35.9 Å². The van der Waals surface area contributed by atoms with Crippen LogP contribution in [0, 0.1) is 0 Å². The van der Waals surface area contributed by atoms with Crippen LogP contribution in [-0.4, -0.2) is 30.6 Å². The van der Waals surface area contributed by atoms with Gasteiger partial charge in [0, 0.05) is 19.6 Å². The molecule has 0 amide bonds. The van der Waals surface area contributed by atoms with E-state index in [1.165, 1.54) is 12.8 Å². The van der Waals surface area contributed by atoms with E-state index in [0.29, 0.717) is 18.2 Å². The molecule has 6 heteroatoms. The molecule has 23 heavy (non-hydrogen) atoms. The third kappa shape index (κ3) is 7.20. The molecular formula is C17H26IN3O2. The Bertz CT molecular complexity index is 563. The lowest BCUT2D eigenvalue weighted by molar-refractivity contribution is 0.00694. The van der Waals surface area contributed by atoms with Crippen molar-refractivity contribution in [2.45, 2.75) is 51.8 Å². The number of halogens is 1. The number of benzene rings is 1.